The van der Waals surface area contributed by atoms with Crippen LogP contribution in [-0.4, -0.2) is 5.11 Å². The molecule has 0 bridgehead atoms. The van der Waals surface area contributed by atoms with E-state index in [-0.39, 0.29) is 0 Å². The van der Waals surface area contributed by atoms with Gasteiger partial charge in [-0.25, -0.2) is 0 Å². The van der Waals surface area contributed by atoms with E-state index in [1.807, 2.05) is 12.1 Å². The van der Waals surface area contributed by atoms with Crippen molar-refractivity contribution in [3.63, 3.8) is 0 Å². The lowest BCUT2D eigenvalue weighted by Gasteiger charge is -2.26. The summed E-state index contributed by atoms with van der Waals surface area (Å²) in [7, 11) is 0. The molecule has 1 N–H and O–H groups in total. The van der Waals surface area contributed by atoms with Gasteiger partial charge in [0.2, 0.25) is 0 Å². The van der Waals surface area contributed by atoms with E-state index in [0.29, 0.717) is 17.6 Å². The van der Waals surface area contributed by atoms with E-state index in [1.54, 1.807) is 6.07 Å². The van der Waals surface area contributed by atoms with Crippen LogP contribution in [0.2, 0.25) is 0 Å². The van der Waals surface area contributed by atoms with Gasteiger partial charge in [0.05, 0.1) is 0 Å². The summed E-state index contributed by atoms with van der Waals surface area (Å²) in [5.41, 5.74) is 1.14. The molecule has 1 atom stereocenters. The van der Waals surface area contributed by atoms with Crippen molar-refractivity contribution in [2.24, 2.45) is 5.92 Å². The van der Waals surface area contributed by atoms with Crippen molar-refractivity contribution in [1.29, 1.82) is 0 Å². The maximum atomic E-state index is 9.95. The molecule has 1 unspecified atom stereocenters. The maximum absolute atomic E-state index is 9.95. The number of benzene rings is 1. The number of hydrogen-bond donors (Lipinski definition) is 1. The first-order valence-corrected chi connectivity index (χ1v) is 6.52. The van der Waals surface area contributed by atoms with Crippen LogP contribution in [0.25, 0.3) is 0 Å². The number of rotatable bonds is 6. The molecule has 0 amide bonds. The number of para-hydroxylation sites is 1. The normalized spacial score (nSPS) is 13.0. The van der Waals surface area contributed by atoms with Crippen LogP contribution in [-0.2, 0) is 0 Å². The minimum absolute atomic E-state index is 0.466. The lowest BCUT2D eigenvalue weighted by molar-refractivity contribution is 0.362. The van der Waals surface area contributed by atoms with Gasteiger partial charge in [0.15, 0.2) is 0 Å². The van der Waals surface area contributed by atoms with Crippen LogP contribution in [0.15, 0.2) is 24.3 Å². The van der Waals surface area contributed by atoms with Gasteiger partial charge in [-0.1, -0.05) is 58.2 Å². The van der Waals surface area contributed by atoms with Crippen molar-refractivity contribution in [2.75, 3.05) is 0 Å². The highest BCUT2D eigenvalue weighted by Gasteiger charge is 2.21. The fourth-order valence-electron chi connectivity index (χ4n) is 2.61. The van der Waals surface area contributed by atoms with Gasteiger partial charge in [-0.05, 0) is 29.9 Å². The quantitative estimate of drug-likeness (QED) is 0.736. The highest BCUT2D eigenvalue weighted by molar-refractivity contribution is 5.35. The Labute approximate surface area is 99.5 Å². The molecule has 0 spiro atoms. The summed E-state index contributed by atoms with van der Waals surface area (Å²) in [6.45, 7) is 6.71. The predicted octanol–water partition coefficient (Wildman–Crippen LogP) is 4.71. The van der Waals surface area contributed by atoms with E-state index >= 15 is 0 Å². The average Bonchev–Trinajstić information content (AvgIpc) is 2.30. The van der Waals surface area contributed by atoms with E-state index < -0.39 is 0 Å². The Morgan fingerprint density at radius 1 is 1.06 bits per heavy atom. The molecule has 0 saturated heterocycles. The van der Waals surface area contributed by atoms with E-state index in [4.69, 9.17) is 0 Å². The zero-order valence-electron chi connectivity index (χ0n) is 10.7. The average molecular weight is 220 g/mol. The third kappa shape index (κ3) is 3.01. The van der Waals surface area contributed by atoms with Crippen LogP contribution in [0.1, 0.15) is 57.9 Å². The SMILES string of the molecule is CCCC(c1ccccc1O)C(CC)CC. The summed E-state index contributed by atoms with van der Waals surface area (Å²) < 4.78 is 0. The van der Waals surface area contributed by atoms with Crippen LogP contribution in [0.3, 0.4) is 0 Å². The van der Waals surface area contributed by atoms with E-state index in [9.17, 15) is 5.11 Å². The highest BCUT2D eigenvalue weighted by Crippen LogP contribution is 2.37. The summed E-state index contributed by atoms with van der Waals surface area (Å²) in [5, 5.41) is 9.95. The van der Waals surface area contributed by atoms with Crippen molar-refractivity contribution < 1.29 is 5.11 Å². The highest BCUT2D eigenvalue weighted by atomic mass is 16.3. The van der Waals surface area contributed by atoms with Gasteiger partial charge in [0.1, 0.15) is 5.75 Å². The molecule has 1 heteroatoms. The Hall–Kier alpha value is -0.980. The largest absolute Gasteiger partial charge is 0.508 e. The molecule has 0 radical (unpaired) electrons. The minimum atomic E-state index is 0.466. The first-order valence-electron chi connectivity index (χ1n) is 6.52. The molecule has 90 valence electrons. The molecule has 0 aromatic heterocycles. The molecule has 0 aliphatic heterocycles. The number of hydrogen-bond acceptors (Lipinski definition) is 1. The number of phenols is 1. The van der Waals surface area contributed by atoms with Crippen LogP contribution >= 0.6 is 0 Å². The molecular weight excluding hydrogens is 196 g/mol. The number of aromatic hydroxyl groups is 1. The second-order valence-corrected chi connectivity index (χ2v) is 4.53. The molecule has 0 saturated carbocycles. The summed E-state index contributed by atoms with van der Waals surface area (Å²) >= 11 is 0. The molecule has 1 aromatic carbocycles. The standard InChI is InChI=1S/C15H24O/c1-4-9-13(12(5-2)6-3)14-10-7-8-11-15(14)16/h7-8,10-13,16H,4-6,9H2,1-3H3. The smallest absolute Gasteiger partial charge is 0.119 e. The first-order chi connectivity index (χ1) is 7.74. The van der Waals surface area contributed by atoms with Gasteiger partial charge in [0.25, 0.3) is 0 Å². The third-order valence-electron chi connectivity index (χ3n) is 3.55. The fraction of sp³-hybridized carbons (Fsp3) is 0.600. The molecular formula is C15H24O. The molecule has 1 rings (SSSR count). The lowest BCUT2D eigenvalue weighted by atomic mass is 9.79. The molecule has 0 aliphatic carbocycles. The molecule has 16 heavy (non-hydrogen) atoms. The third-order valence-corrected chi connectivity index (χ3v) is 3.55. The molecule has 0 fully saturated rings. The Morgan fingerprint density at radius 2 is 1.69 bits per heavy atom. The van der Waals surface area contributed by atoms with E-state index in [2.05, 4.69) is 26.8 Å². The van der Waals surface area contributed by atoms with Gasteiger partial charge in [0, 0.05) is 0 Å². The second kappa shape index (κ2) is 6.57. The van der Waals surface area contributed by atoms with Crippen molar-refractivity contribution in [3.05, 3.63) is 29.8 Å². The predicted molar refractivity (Wildman–Crippen MR) is 69.8 cm³/mol. The summed E-state index contributed by atoms with van der Waals surface area (Å²) in [6.07, 6.45) is 4.73. The van der Waals surface area contributed by atoms with Crippen LogP contribution in [0.4, 0.5) is 0 Å². The minimum Gasteiger partial charge on any atom is -0.508 e. The number of phenolic OH excluding ortho intramolecular Hbond substituents is 1. The van der Waals surface area contributed by atoms with Crippen LogP contribution in [0, 0.1) is 5.92 Å². The van der Waals surface area contributed by atoms with Gasteiger partial charge < -0.3 is 5.11 Å². The maximum Gasteiger partial charge on any atom is 0.119 e. The van der Waals surface area contributed by atoms with Crippen LogP contribution in [0.5, 0.6) is 5.75 Å². The topological polar surface area (TPSA) is 20.2 Å². The Bertz CT molecular complexity index is 302. The molecule has 1 nitrogen and oxygen atoms in total. The summed E-state index contributed by atoms with van der Waals surface area (Å²) in [6, 6.07) is 7.81. The molecule has 0 aliphatic rings. The first kappa shape index (κ1) is 13.1. The van der Waals surface area contributed by atoms with Crippen molar-refractivity contribution in [2.45, 2.75) is 52.4 Å². The van der Waals surface area contributed by atoms with Gasteiger partial charge in [-0.3, -0.25) is 0 Å². The van der Waals surface area contributed by atoms with Crippen molar-refractivity contribution in [1.82, 2.24) is 0 Å². The van der Waals surface area contributed by atoms with E-state index in [0.717, 1.165) is 5.56 Å². The monoisotopic (exact) mass is 220 g/mol. The van der Waals surface area contributed by atoms with Crippen molar-refractivity contribution >= 4 is 0 Å². The summed E-state index contributed by atoms with van der Waals surface area (Å²) in [4.78, 5) is 0. The van der Waals surface area contributed by atoms with Gasteiger partial charge in [-0.15, -0.1) is 0 Å². The Morgan fingerprint density at radius 3 is 2.19 bits per heavy atom. The van der Waals surface area contributed by atoms with E-state index in [1.165, 1.54) is 25.7 Å². The van der Waals surface area contributed by atoms with Gasteiger partial charge in [-0.2, -0.15) is 0 Å². The van der Waals surface area contributed by atoms with Gasteiger partial charge >= 0.3 is 0 Å². The second-order valence-electron chi connectivity index (χ2n) is 4.53. The molecule has 0 heterocycles. The summed E-state index contributed by atoms with van der Waals surface area (Å²) in [5.74, 6) is 1.67. The zero-order valence-corrected chi connectivity index (χ0v) is 10.7. The van der Waals surface area contributed by atoms with Crippen LogP contribution < -0.4 is 0 Å². The fourth-order valence-corrected chi connectivity index (χ4v) is 2.61. The lowest BCUT2D eigenvalue weighted by Crippen LogP contribution is -2.11. The Balaban J connectivity index is 2.97. The zero-order chi connectivity index (χ0) is 12.0. The Kier molecular flexibility index (Phi) is 5.37. The molecule has 1 aromatic rings. The van der Waals surface area contributed by atoms with Crippen molar-refractivity contribution in [3.8, 4) is 5.75 Å².